The third-order valence-corrected chi connectivity index (χ3v) is 2.55. The van der Waals surface area contributed by atoms with Crippen molar-refractivity contribution in [2.45, 2.75) is 20.0 Å². The van der Waals surface area contributed by atoms with E-state index in [9.17, 15) is 4.79 Å². The standard InChI is InChI=1S/C13H15N5O/c1-9-15-5-3-11(18-9)8-17-13(19)10-2-4-16-12(6-10)7-14/h2-6H,7-8,14H2,1H3,(H,17,19). The van der Waals surface area contributed by atoms with Crippen molar-refractivity contribution in [1.82, 2.24) is 20.3 Å². The van der Waals surface area contributed by atoms with Crippen LogP contribution in [0.2, 0.25) is 0 Å². The molecule has 0 aliphatic rings. The first-order chi connectivity index (χ1) is 9.19. The first-order valence-corrected chi connectivity index (χ1v) is 5.91. The Morgan fingerprint density at radius 1 is 1.26 bits per heavy atom. The van der Waals surface area contributed by atoms with Crippen LogP contribution in [0.15, 0.2) is 30.6 Å². The largest absolute Gasteiger partial charge is 0.346 e. The Bertz CT molecular complexity index is 585. The zero-order valence-corrected chi connectivity index (χ0v) is 10.6. The van der Waals surface area contributed by atoms with Crippen LogP contribution in [0.25, 0.3) is 0 Å². The summed E-state index contributed by atoms with van der Waals surface area (Å²) < 4.78 is 0. The van der Waals surface area contributed by atoms with E-state index in [1.54, 1.807) is 30.6 Å². The van der Waals surface area contributed by atoms with Gasteiger partial charge in [0.05, 0.1) is 17.9 Å². The lowest BCUT2D eigenvalue weighted by Crippen LogP contribution is -2.23. The van der Waals surface area contributed by atoms with Gasteiger partial charge in [0.1, 0.15) is 5.82 Å². The molecule has 19 heavy (non-hydrogen) atoms. The summed E-state index contributed by atoms with van der Waals surface area (Å²) in [7, 11) is 0. The fraction of sp³-hybridized carbons (Fsp3) is 0.231. The molecule has 3 N–H and O–H groups in total. The van der Waals surface area contributed by atoms with E-state index in [0.29, 0.717) is 30.2 Å². The minimum absolute atomic E-state index is 0.173. The Kier molecular flexibility index (Phi) is 4.15. The molecule has 0 radical (unpaired) electrons. The minimum Gasteiger partial charge on any atom is -0.346 e. The Balaban J connectivity index is 2.01. The summed E-state index contributed by atoms with van der Waals surface area (Å²) in [6, 6.07) is 5.10. The van der Waals surface area contributed by atoms with Gasteiger partial charge in [-0.15, -0.1) is 0 Å². The highest BCUT2D eigenvalue weighted by Gasteiger charge is 2.06. The molecular formula is C13H15N5O. The van der Waals surface area contributed by atoms with Crippen LogP contribution in [-0.4, -0.2) is 20.9 Å². The molecule has 0 aliphatic carbocycles. The van der Waals surface area contributed by atoms with Crippen LogP contribution in [0.3, 0.4) is 0 Å². The molecule has 0 fully saturated rings. The highest BCUT2D eigenvalue weighted by atomic mass is 16.1. The number of hydrogen-bond acceptors (Lipinski definition) is 5. The number of aromatic nitrogens is 3. The van der Waals surface area contributed by atoms with Crippen molar-refractivity contribution in [3.8, 4) is 0 Å². The lowest BCUT2D eigenvalue weighted by Gasteiger charge is -2.06. The zero-order chi connectivity index (χ0) is 13.7. The molecule has 0 aliphatic heterocycles. The number of aryl methyl sites for hydroxylation is 1. The molecule has 6 nitrogen and oxygen atoms in total. The van der Waals surface area contributed by atoms with E-state index in [1.165, 1.54) is 0 Å². The average Bonchev–Trinajstić information content (AvgIpc) is 2.45. The van der Waals surface area contributed by atoms with Crippen LogP contribution in [-0.2, 0) is 13.1 Å². The minimum atomic E-state index is -0.173. The van der Waals surface area contributed by atoms with E-state index in [1.807, 2.05) is 6.92 Å². The van der Waals surface area contributed by atoms with Crippen molar-refractivity contribution in [1.29, 1.82) is 0 Å². The summed E-state index contributed by atoms with van der Waals surface area (Å²) in [6.45, 7) is 2.48. The Morgan fingerprint density at radius 3 is 2.79 bits per heavy atom. The second-order valence-electron chi connectivity index (χ2n) is 4.02. The first-order valence-electron chi connectivity index (χ1n) is 5.91. The molecule has 6 heteroatoms. The quantitative estimate of drug-likeness (QED) is 0.835. The van der Waals surface area contributed by atoms with Crippen molar-refractivity contribution < 1.29 is 4.79 Å². The highest BCUT2D eigenvalue weighted by molar-refractivity contribution is 5.94. The number of rotatable bonds is 4. The highest BCUT2D eigenvalue weighted by Crippen LogP contribution is 2.02. The number of nitrogens with zero attached hydrogens (tertiary/aromatic N) is 3. The van der Waals surface area contributed by atoms with Crippen molar-refractivity contribution in [2.75, 3.05) is 0 Å². The molecule has 2 rings (SSSR count). The Labute approximate surface area is 111 Å². The first kappa shape index (κ1) is 13.1. The molecule has 98 valence electrons. The summed E-state index contributed by atoms with van der Waals surface area (Å²) >= 11 is 0. The lowest BCUT2D eigenvalue weighted by molar-refractivity contribution is 0.0950. The summed E-state index contributed by atoms with van der Waals surface area (Å²) in [5, 5.41) is 2.80. The number of carbonyl (C=O) groups excluding carboxylic acids is 1. The molecule has 0 atom stereocenters. The van der Waals surface area contributed by atoms with Gasteiger partial charge in [0.25, 0.3) is 5.91 Å². The molecule has 1 amide bonds. The fourth-order valence-electron chi connectivity index (χ4n) is 1.61. The second-order valence-corrected chi connectivity index (χ2v) is 4.02. The topological polar surface area (TPSA) is 93.8 Å². The molecule has 0 bridgehead atoms. The molecule has 0 saturated carbocycles. The smallest absolute Gasteiger partial charge is 0.251 e. The van der Waals surface area contributed by atoms with E-state index in [4.69, 9.17) is 5.73 Å². The average molecular weight is 257 g/mol. The summed E-state index contributed by atoms with van der Waals surface area (Å²) in [6.07, 6.45) is 3.24. The van der Waals surface area contributed by atoms with Crippen LogP contribution >= 0.6 is 0 Å². The third-order valence-electron chi connectivity index (χ3n) is 2.55. The van der Waals surface area contributed by atoms with Crippen LogP contribution in [0.5, 0.6) is 0 Å². The summed E-state index contributed by atoms with van der Waals surface area (Å²) in [5.74, 6) is 0.509. The summed E-state index contributed by atoms with van der Waals surface area (Å²) in [5.41, 5.74) is 7.49. The predicted molar refractivity (Wildman–Crippen MR) is 70.1 cm³/mol. The molecule has 0 saturated heterocycles. The molecule has 2 aromatic rings. The van der Waals surface area contributed by atoms with E-state index in [2.05, 4.69) is 20.3 Å². The number of hydrogen-bond donors (Lipinski definition) is 2. The van der Waals surface area contributed by atoms with Crippen LogP contribution in [0, 0.1) is 6.92 Å². The van der Waals surface area contributed by atoms with Gasteiger partial charge in [-0.25, -0.2) is 9.97 Å². The van der Waals surface area contributed by atoms with Gasteiger partial charge in [-0.05, 0) is 25.1 Å². The van der Waals surface area contributed by atoms with E-state index in [-0.39, 0.29) is 5.91 Å². The van der Waals surface area contributed by atoms with Gasteiger partial charge >= 0.3 is 0 Å². The maximum atomic E-state index is 11.9. The number of pyridine rings is 1. The Morgan fingerprint density at radius 2 is 2.05 bits per heavy atom. The molecular weight excluding hydrogens is 242 g/mol. The van der Waals surface area contributed by atoms with E-state index in [0.717, 1.165) is 5.69 Å². The van der Waals surface area contributed by atoms with Crippen LogP contribution in [0.4, 0.5) is 0 Å². The van der Waals surface area contributed by atoms with Crippen molar-refractivity contribution in [3.63, 3.8) is 0 Å². The van der Waals surface area contributed by atoms with Gasteiger partial charge in [-0.1, -0.05) is 0 Å². The maximum Gasteiger partial charge on any atom is 0.251 e. The predicted octanol–water partition coefficient (Wildman–Crippen LogP) is 0.569. The number of amides is 1. The normalized spacial score (nSPS) is 10.2. The Hall–Kier alpha value is -2.34. The maximum absolute atomic E-state index is 11.9. The molecule has 0 unspecified atom stereocenters. The number of nitrogens with two attached hydrogens (primary N) is 1. The van der Waals surface area contributed by atoms with Gasteiger partial charge in [0.15, 0.2) is 0 Å². The second kappa shape index (κ2) is 6.01. The third kappa shape index (κ3) is 3.56. The SMILES string of the molecule is Cc1nccc(CNC(=O)c2ccnc(CN)c2)n1. The van der Waals surface area contributed by atoms with Crippen molar-refractivity contribution in [3.05, 3.63) is 53.4 Å². The van der Waals surface area contributed by atoms with Crippen LogP contribution < -0.4 is 11.1 Å². The monoisotopic (exact) mass is 257 g/mol. The molecule has 2 aromatic heterocycles. The molecule has 0 spiro atoms. The van der Waals surface area contributed by atoms with Gasteiger partial charge in [-0.3, -0.25) is 9.78 Å². The van der Waals surface area contributed by atoms with Crippen molar-refractivity contribution >= 4 is 5.91 Å². The van der Waals surface area contributed by atoms with Crippen LogP contribution in [0.1, 0.15) is 27.6 Å². The summed E-state index contributed by atoms with van der Waals surface area (Å²) in [4.78, 5) is 24.2. The lowest BCUT2D eigenvalue weighted by atomic mass is 10.2. The fourth-order valence-corrected chi connectivity index (χ4v) is 1.61. The zero-order valence-electron chi connectivity index (χ0n) is 10.6. The van der Waals surface area contributed by atoms with Gasteiger partial charge in [0, 0.05) is 24.5 Å². The van der Waals surface area contributed by atoms with Gasteiger partial charge in [0.2, 0.25) is 0 Å². The van der Waals surface area contributed by atoms with E-state index < -0.39 is 0 Å². The van der Waals surface area contributed by atoms with E-state index >= 15 is 0 Å². The molecule has 0 aromatic carbocycles. The molecule has 2 heterocycles. The van der Waals surface area contributed by atoms with Gasteiger partial charge in [-0.2, -0.15) is 0 Å². The number of nitrogens with one attached hydrogen (secondary N) is 1. The van der Waals surface area contributed by atoms with Gasteiger partial charge < -0.3 is 11.1 Å². The number of carbonyl (C=O) groups is 1. The van der Waals surface area contributed by atoms with Crippen molar-refractivity contribution in [2.24, 2.45) is 5.73 Å².